The Morgan fingerprint density at radius 1 is 1.35 bits per heavy atom. The van der Waals surface area contributed by atoms with Crippen LogP contribution in [-0.4, -0.2) is 35.6 Å². The van der Waals surface area contributed by atoms with Crippen molar-refractivity contribution in [2.75, 3.05) is 24.5 Å². The van der Waals surface area contributed by atoms with Crippen LogP contribution in [0, 0.1) is 16.0 Å². The number of aromatic nitrogens is 1. The second-order valence-electron chi connectivity index (χ2n) is 5.68. The summed E-state index contributed by atoms with van der Waals surface area (Å²) < 4.78 is 0. The molecule has 2 fully saturated rings. The third kappa shape index (κ3) is 2.75. The molecule has 6 heteroatoms. The van der Waals surface area contributed by atoms with Gasteiger partial charge in [0.1, 0.15) is 12.0 Å². The molecule has 0 bridgehead atoms. The Kier molecular flexibility index (Phi) is 3.82. The van der Waals surface area contributed by atoms with Gasteiger partial charge in [-0.2, -0.15) is 0 Å². The lowest BCUT2D eigenvalue weighted by molar-refractivity contribution is -0.385. The molecule has 3 rings (SSSR count). The highest BCUT2D eigenvalue weighted by atomic mass is 16.6. The number of nitrogens with zero attached hydrogens (tertiary/aromatic N) is 3. The minimum Gasteiger partial charge on any atom is -0.356 e. The molecule has 6 nitrogen and oxygen atoms in total. The predicted molar refractivity (Wildman–Crippen MR) is 76.9 cm³/mol. The van der Waals surface area contributed by atoms with Crippen LogP contribution in [-0.2, 0) is 0 Å². The first kappa shape index (κ1) is 13.3. The molecule has 0 amide bonds. The van der Waals surface area contributed by atoms with Gasteiger partial charge in [-0.15, -0.1) is 0 Å². The number of hydrogen-bond donors (Lipinski definition) is 1. The summed E-state index contributed by atoms with van der Waals surface area (Å²) >= 11 is 0. The molecule has 2 aliphatic rings. The first-order valence-corrected chi connectivity index (χ1v) is 7.33. The fourth-order valence-corrected chi connectivity index (χ4v) is 3.33. The third-order valence-corrected chi connectivity index (χ3v) is 4.39. The zero-order valence-corrected chi connectivity index (χ0v) is 11.5. The van der Waals surface area contributed by atoms with Crippen molar-refractivity contribution in [1.29, 1.82) is 0 Å². The maximum atomic E-state index is 10.7. The van der Waals surface area contributed by atoms with E-state index in [1.807, 2.05) is 0 Å². The van der Waals surface area contributed by atoms with Crippen LogP contribution < -0.4 is 10.2 Å². The van der Waals surface area contributed by atoms with E-state index < -0.39 is 4.92 Å². The number of piperidine rings is 1. The third-order valence-electron chi connectivity index (χ3n) is 4.39. The number of hydrogen-bond acceptors (Lipinski definition) is 5. The van der Waals surface area contributed by atoms with E-state index in [4.69, 9.17) is 0 Å². The normalized spacial score (nSPS) is 26.7. The fourth-order valence-electron chi connectivity index (χ4n) is 3.33. The van der Waals surface area contributed by atoms with E-state index in [1.165, 1.54) is 31.9 Å². The van der Waals surface area contributed by atoms with Crippen molar-refractivity contribution in [2.45, 2.75) is 31.7 Å². The second kappa shape index (κ2) is 5.75. The molecule has 2 unspecified atom stereocenters. The Hall–Kier alpha value is -1.69. The average molecular weight is 276 g/mol. The Morgan fingerprint density at radius 2 is 2.25 bits per heavy atom. The van der Waals surface area contributed by atoms with Crippen LogP contribution in [0.2, 0.25) is 0 Å². The predicted octanol–water partition coefficient (Wildman–Crippen LogP) is 1.96. The molecule has 0 spiro atoms. The quantitative estimate of drug-likeness (QED) is 0.675. The molecule has 20 heavy (non-hydrogen) atoms. The smallest absolute Gasteiger partial charge is 0.287 e. The van der Waals surface area contributed by atoms with Crippen molar-refractivity contribution >= 4 is 11.5 Å². The summed E-state index contributed by atoms with van der Waals surface area (Å²) in [7, 11) is 0. The molecule has 0 aromatic carbocycles. The van der Waals surface area contributed by atoms with E-state index in [1.54, 1.807) is 12.1 Å². The molecular weight excluding hydrogens is 256 g/mol. The molecule has 1 N–H and O–H groups in total. The van der Waals surface area contributed by atoms with Crippen molar-refractivity contribution in [3.05, 3.63) is 28.4 Å². The molecule has 0 radical (unpaired) electrons. The summed E-state index contributed by atoms with van der Waals surface area (Å²) in [6.45, 7) is 3.13. The number of nitro groups is 1. The SMILES string of the molecule is O=[N+]([O-])c1ccc(N2CCCC(C3CCCN3)C2)nc1. The topological polar surface area (TPSA) is 71.3 Å². The van der Waals surface area contributed by atoms with Crippen molar-refractivity contribution < 1.29 is 4.92 Å². The van der Waals surface area contributed by atoms with Gasteiger partial charge < -0.3 is 10.2 Å². The zero-order chi connectivity index (χ0) is 13.9. The number of rotatable bonds is 3. The standard InChI is InChI=1S/C14H20N4O2/c19-18(20)12-5-6-14(16-9-12)17-8-2-3-11(10-17)13-4-1-7-15-13/h5-6,9,11,13,15H,1-4,7-8,10H2. The molecular formula is C14H20N4O2. The molecule has 1 aromatic rings. The molecule has 2 atom stereocenters. The van der Waals surface area contributed by atoms with Gasteiger partial charge in [-0.3, -0.25) is 10.1 Å². The van der Waals surface area contributed by atoms with Crippen LogP contribution in [0.4, 0.5) is 11.5 Å². The Morgan fingerprint density at radius 3 is 2.90 bits per heavy atom. The van der Waals surface area contributed by atoms with E-state index in [0.29, 0.717) is 12.0 Å². The first-order chi connectivity index (χ1) is 9.74. The van der Waals surface area contributed by atoms with E-state index >= 15 is 0 Å². The monoisotopic (exact) mass is 276 g/mol. The largest absolute Gasteiger partial charge is 0.356 e. The van der Waals surface area contributed by atoms with Crippen LogP contribution >= 0.6 is 0 Å². The Labute approximate surface area is 118 Å². The van der Waals surface area contributed by atoms with E-state index in [-0.39, 0.29) is 5.69 Å². The average Bonchev–Trinajstić information content (AvgIpc) is 3.02. The Balaban J connectivity index is 1.68. The van der Waals surface area contributed by atoms with Crippen LogP contribution in [0.1, 0.15) is 25.7 Å². The summed E-state index contributed by atoms with van der Waals surface area (Å²) in [5.74, 6) is 1.53. The van der Waals surface area contributed by atoms with Gasteiger partial charge in [-0.1, -0.05) is 0 Å². The molecule has 2 saturated heterocycles. The minimum atomic E-state index is -0.405. The highest BCUT2D eigenvalue weighted by Crippen LogP contribution is 2.27. The summed E-state index contributed by atoms with van der Waals surface area (Å²) in [6, 6.07) is 3.94. The summed E-state index contributed by atoms with van der Waals surface area (Å²) in [5.41, 5.74) is 0.0553. The van der Waals surface area contributed by atoms with Crippen molar-refractivity contribution in [3.63, 3.8) is 0 Å². The molecule has 0 saturated carbocycles. The van der Waals surface area contributed by atoms with E-state index in [0.717, 1.165) is 25.5 Å². The van der Waals surface area contributed by atoms with Gasteiger partial charge in [0.05, 0.1) is 4.92 Å². The maximum absolute atomic E-state index is 10.7. The first-order valence-electron chi connectivity index (χ1n) is 7.33. The second-order valence-corrected chi connectivity index (χ2v) is 5.68. The van der Waals surface area contributed by atoms with Gasteiger partial charge in [0.2, 0.25) is 0 Å². The lowest BCUT2D eigenvalue weighted by Gasteiger charge is -2.36. The van der Waals surface area contributed by atoms with Crippen LogP contribution in [0.3, 0.4) is 0 Å². The van der Waals surface area contributed by atoms with Crippen LogP contribution in [0.25, 0.3) is 0 Å². The van der Waals surface area contributed by atoms with Gasteiger partial charge in [-0.25, -0.2) is 4.98 Å². The molecule has 0 aliphatic carbocycles. The van der Waals surface area contributed by atoms with Crippen molar-refractivity contribution in [2.24, 2.45) is 5.92 Å². The summed E-state index contributed by atoms with van der Waals surface area (Å²) in [6.07, 6.45) is 6.33. The Bertz CT molecular complexity index is 471. The molecule has 108 valence electrons. The maximum Gasteiger partial charge on any atom is 0.287 e. The van der Waals surface area contributed by atoms with Gasteiger partial charge in [-0.05, 0) is 44.2 Å². The van der Waals surface area contributed by atoms with E-state index in [9.17, 15) is 10.1 Å². The van der Waals surface area contributed by atoms with Gasteiger partial charge in [0, 0.05) is 25.2 Å². The highest BCUT2D eigenvalue weighted by Gasteiger charge is 2.29. The number of pyridine rings is 1. The fraction of sp³-hybridized carbons (Fsp3) is 0.643. The highest BCUT2D eigenvalue weighted by molar-refractivity contribution is 5.43. The van der Waals surface area contributed by atoms with Gasteiger partial charge in [0.15, 0.2) is 0 Å². The van der Waals surface area contributed by atoms with Crippen molar-refractivity contribution in [3.8, 4) is 0 Å². The summed E-state index contributed by atoms with van der Waals surface area (Å²) in [5, 5.41) is 14.2. The zero-order valence-electron chi connectivity index (χ0n) is 11.5. The lowest BCUT2D eigenvalue weighted by atomic mass is 9.90. The van der Waals surface area contributed by atoms with Crippen molar-refractivity contribution in [1.82, 2.24) is 10.3 Å². The van der Waals surface area contributed by atoms with E-state index in [2.05, 4.69) is 15.2 Å². The lowest BCUT2D eigenvalue weighted by Crippen LogP contribution is -2.43. The van der Waals surface area contributed by atoms with Gasteiger partial charge >= 0.3 is 0 Å². The molecule has 2 aliphatic heterocycles. The van der Waals surface area contributed by atoms with Crippen LogP contribution in [0.15, 0.2) is 18.3 Å². The molecule has 1 aromatic heterocycles. The van der Waals surface area contributed by atoms with Crippen LogP contribution in [0.5, 0.6) is 0 Å². The number of nitrogens with one attached hydrogen (secondary N) is 1. The summed E-state index contributed by atoms with van der Waals surface area (Å²) in [4.78, 5) is 16.8. The minimum absolute atomic E-state index is 0.0553. The van der Waals surface area contributed by atoms with Gasteiger partial charge in [0.25, 0.3) is 5.69 Å². The molecule has 3 heterocycles. The number of anilines is 1.